The van der Waals surface area contributed by atoms with E-state index >= 15 is 0 Å². The summed E-state index contributed by atoms with van der Waals surface area (Å²) in [5.74, 6) is 1.32. The Morgan fingerprint density at radius 1 is 1.15 bits per heavy atom. The van der Waals surface area contributed by atoms with E-state index in [4.69, 9.17) is 0 Å². The highest BCUT2D eigenvalue weighted by molar-refractivity contribution is 5.28. The van der Waals surface area contributed by atoms with Crippen molar-refractivity contribution in [2.24, 2.45) is 5.92 Å². The molecule has 2 atom stereocenters. The zero-order valence-electron chi connectivity index (χ0n) is 12.4. The Morgan fingerprint density at radius 3 is 2.60 bits per heavy atom. The second kappa shape index (κ2) is 6.73. The molecular weight excluding hydrogens is 246 g/mol. The highest BCUT2D eigenvalue weighted by Crippen LogP contribution is 2.39. The number of hydrogen-bond donors (Lipinski definition) is 2. The minimum Gasteiger partial charge on any atom is -0.393 e. The monoisotopic (exact) mass is 273 g/mol. The summed E-state index contributed by atoms with van der Waals surface area (Å²) in [6.07, 6.45) is 8.17. The molecule has 20 heavy (non-hydrogen) atoms. The Morgan fingerprint density at radius 2 is 1.95 bits per heavy atom. The zero-order valence-corrected chi connectivity index (χ0v) is 12.4. The molecule has 1 heterocycles. The number of hydrogen-bond acceptors (Lipinski definition) is 2. The molecule has 2 heteroatoms. The SMILES string of the molecule is OC(CCCc1ccc(C2CC2)cc1)C1CCCNC1. The second-order valence-electron chi connectivity index (χ2n) is 6.58. The number of aryl methyl sites for hydroxylation is 1. The Kier molecular flexibility index (Phi) is 4.74. The van der Waals surface area contributed by atoms with Gasteiger partial charge < -0.3 is 10.4 Å². The lowest BCUT2D eigenvalue weighted by Gasteiger charge is -2.27. The molecule has 0 spiro atoms. The third-order valence-electron chi connectivity index (χ3n) is 4.87. The molecule has 0 bridgehead atoms. The summed E-state index contributed by atoms with van der Waals surface area (Å²) in [6, 6.07) is 9.16. The van der Waals surface area contributed by atoms with Crippen LogP contribution < -0.4 is 5.32 Å². The molecule has 2 fully saturated rings. The quantitative estimate of drug-likeness (QED) is 0.834. The topological polar surface area (TPSA) is 32.3 Å². The van der Waals surface area contributed by atoms with Gasteiger partial charge in [-0.05, 0) is 74.5 Å². The normalized spacial score (nSPS) is 24.6. The van der Waals surface area contributed by atoms with Crippen LogP contribution in [-0.4, -0.2) is 24.3 Å². The number of aliphatic hydroxyl groups is 1. The van der Waals surface area contributed by atoms with Gasteiger partial charge in [-0.1, -0.05) is 24.3 Å². The molecule has 2 N–H and O–H groups in total. The van der Waals surface area contributed by atoms with E-state index in [0.29, 0.717) is 5.92 Å². The van der Waals surface area contributed by atoms with Gasteiger partial charge in [0.05, 0.1) is 6.10 Å². The third-order valence-corrected chi connectivity index (χ3v) is 4.87. The van der Waals surface area contributed by atoms with Crippen LogP contribution in [0.1, 0.15) is 55.6 Å². The van der Waals surface area contributed by atoms with Crippen molar-refractivity contribution in [1.29, 1.82) is 0 Å². The first-order chi connectivity index (χ1) is 9.83. The van der Waals surface area contributed by atoms with E-state index in [1.54, 1.807) is 0 Å². The molecule has 1 saturated heterocycles. The van der Waals surface area contributed by atoms with E-state index in [0.717, 1.165) is 38.3 Å². The van der Waals surface area contributed by atoms with Crippen LogP contribution in [0.15, 0.2) is 24.3 Å². The summed E-state index contributed by atoms with van der Waals surface area (Å²) in [4.78, 5) is 0. The van der Waals surface area contributed by atoms with E-state index in [1.807, 2.05) is 0 Å². The summed E-state index contributed by atoms with van der Waals surface area (Å²) >= 11 is 0. The summed E-state index contributed by atoms with van der Waals surface area (Å²) in [7, 11) is 0. The average molecular weight is 273 g/mol. The number of aliphatic hydroxyl groups excluding tert-OH is 1. The minimum absolute atomic E-state index is 0.117. The Labute approximate surface area is 122 Å². The van der Waals surface area contributed by atoms with Crippen molar-refractivity contribution in [3.8, 4) is 0 Å². The molecule has 1 saturated carbocycles. The summed E-state index contributed by atoms with van der Waals surface area (Å²) < 4.78 is 0. The van der Waals surface area contributed by atoms with E-state index < -0.39 is 0 Å². The fourth-order valence-corrected chi connectivity index (χ4v) is 3.33. The summed E-state index contributed by atoms with van der Waals surface area (Å²) in [5, 5.41) is 13.6. The smallest absolute Gasteiger partial charge is 0.0580 e. The predicted octanol–water partition coefficient (Wildman–Crippen LogP) is 3.25. The molecule has 1 aliphatic carbocycles. The van der Waals surface area contributed by atoms with Gasteiger partial charge in [-0.25, -0.2) is 0 Å². The molecular formula is C18H27NO. The fraction of sp³-hybridized carbons (Fsp3) is 0.667. The van der Waals surface area contributed by atoms with E-state index in [1.165, 1.54) is 36.8 Å². The number of rotatable bonds is 6. The third kappa shape index (κ3) is 3.83. The lowest BCUT2D eigenvalue weighted by Crippen LogP contribution is -2.36. The Hall–Kier alpha value is -0.860. The largest absolute Gasteiger partial charge is 0.393 e. The number of nitrogens with one attached hydrogen (secondary N) is 1. The average Bonchev–Trinajstić information content (AvgIpc) is 3.33. The van der Waals surface area contributed by atoms with Gasteiger partial charge in [-0.3, -0.25) is 0 Å². The van der Waals surface area contributed by atoms with Gasteiger partial charge in [-0.15, -0.1) is 0 Å². The van der Waals surface area contributed by atoms with Crippen LogP contribution in [0.25, 0.3) is 0 Å². The molecule has 2 aliphatic rings. The van der Waals surface area contributed by atoms with Crippen LogP contribution in [0.4, 0.5) is 0 Å². The van der Waals surface area contributed by atoms with Crippen molar-refractivity contribution in [2.75, 3.05) is 13.1 Å². The van der Waals surface area contributed by atoms with Gasteiger partial charge in [0.2, 0.25) is 0 Å². The maximum Gasteiger partial charge on any atom is 0.0580 e. The van der Waals surface area contributed by atoms with Crippen LogP contribution in [-0.2, 0) is 6.42 Å². The van der Waals surface area contributed by atoms with Gasteiger partial charge in [-0.2, -0.15) is 0 Å². The molecule has 1 aromatic rings. The van der Waals surface area contributed by atoms with Gasteiger partial charge >= 0.3 is 0 Å². The zero-order chi connectivity index (χ0) is 13.8. The molecule has 0 amide bonds. The van der Waals surface area contributed by atoms with Crippen LogP contribution in [0.3, 0.4) is 0 Å². The highest BCUT2D eigenvalue weighted by atomic mass is 16.3. The summed E-state index contributed by atoms with van der Waals surface area (Å²) in [6.45, 7) is 2.12. The van der Waals surface area contributed by atoms with Gasteiger partial charge in [0.1, 0.15) is 0 Å². The van der Waals surface area contributed by atoms with Crippen molar-refractivity contribution in [2.45, 2.75) is 57.0 Å². The Balaban J connectivity index is 1.40. The van der Waals surface area contributed by atoms with Gasteiger partial charge in [0, 0.05) is 6.54 Å². The molecule has 1 aliphatic heterocycles. The van der Waals surface area contributed by atoms with E-state index in [-0.39, 0.29) is 6.10 Å². The first-order valence-electron chi connectivity index (χ1n) is 8.30. The molecule has 2 nitrogen and oxygen atoms in total. The molecule has 1 aromatic carbocycles. The second-order valence-corrected chi connectivity index (χ2v) is 6.58. The maximum absolute atomic E-state index is 10.2. The van der Waals surface area contributed by atoms with Gasteiger partial charge in [0.25, 0.3) is 0 Å². The maximum atomic E-state index is 10.2. The van der Waals surface area contributed by atoms with Crippen LogP contribution in [0.2, 0.25) is 0 Å². The van der Waals surface area contributed by atoms with E-state index in [9.17, 15) is 5.11 Å². The minimum atomic E-state index is -0.117. The molecule has 110 valence electrons. The lowest BCUT2D eigenvalue weighted by molar-refractivity contribution is 0.0823. The molecule has 0 aromatic heterocycles. The molecule has 0 radical (unpaired) electrons. The predicted molar refractivity (Wildman–Crippen MR) is 83.0 cm³/mol. The van der Waals surface area contributed by atoms with Gasteiger partial charge in [0.15, 0.2) is 0 Å². The molecule has 2 unspecified atom stereocenters. The standard InChI is InChI=1S/C18H27NO/c20-18(17-4-2-12-19-13-17)5-1-3-14-6-8-15(9-7-14)16-10-11-16/h6-9,16-20H,1-5,10-13H2. The van der Waals surface area contributed by atoms with Crippen LogP contribution >= 0.6 is 0 Å². The van der Waals surface area contributed by atoms with Crippen molar-refractivity contribution >= 4 is 0 Å². The van der Waals surface area contributed by atoms with E-state index in [2.05, 4.69) is 29.6 Å². The van der Waals surface area contributed by atoms with Crippen LogP contribution in [0, 0.1) is 5.92 Å². The highest BCUT2D eigenvalue weighted by Gasteiger charge is 2.23. The van der Waals surface area contributed by atoms with Crippen molar-refractivity contribution in [1.82, 2.24) is 5.32 Å². The summed E-state index contributed by atoms with van der Waals surface area (Å²) in [5.41, 5.74) is 2.94. The fourth-order valence-electron chi connectivity index (χ4n) is 3.33. The first kappa shape index (κ1) is 14.1. The van der Waals surface area contributed by atoms with Crippen molar-refractivity contribution in [3.05, 3.63) is 35.4 Å². The number of piperidine rings is 1. The van der Waals surface area contributed by atoms with Crippen LogP contribution in [0.5, 0.6) is 0 Å². The lowest BCUT2D eigenvalue weighted by atomic mass is 9.90. The van der Waals surface area contributed by atoms with Crippen molar-refractivity contribution < 1.29 is 5.11 Å². The van der Waals surface area contributed by atoms with Crippen molar-refractivity contribution in [3.63, 3.8) is 0 Å². The Bertz CT molecular complexity index is 404. The number of benzene rings is 1. The molecule has 3 rings (SSSR count). The first-order valence-corrected chi connectivity index (χ1v) is 8.30.